The van der Waals surface area contributed by atoms with Crippen molar-refractivity contribution in [1.29, 1.82) is 0 Å². The maximum Gasteiger partial charge on any atom is 0.320 e. The van der Waals surface area contributed by atoms with Crippen molar-refractivity contribution in [3.63, 3.8) is 0 Å². The van der Waals surface area contributed by atoms with E-state index in [4.69, 9.17) is 9.15 Å². The molecule has 1 rings (SSSR count). The SMILES string of the molecule is C[C@H](NCC(=O)OC(C)(C)C)c1ccco1. The van der Waals surface area contributed by atoms with Crippen LogP contribution in [0.15, 0.2) is 22.8 Å². The molecular formula is C12H19NO3. The van der Waals surface area contributed by atoms with E-state index >= 15 is 0 Å². The topological polar surface area (TPSA) is 51.5 Å². The Morgan fingerprint density at radius 2 is 2.25 bits per heavy atom. The van der Waals surface area contributed by atoms with Crippen molar-refractivity contribution in [2.45, 2.75) is 39.3 Å². The molecule has 0 saturated heterocycles. The number of hydrogen-bond donors (Lipinski definition) is 1. The summed E-state index contributed by atoms with van der Waals surface area (Å²) in [6.45, 7) is 7.66. The van der Waals surface area contributed by atoms with Gasteiger partial charge in [0.15, 0.2) is 0 Å². The van der Waals surface area contributed by atoms with Gasteiger partial charge in [-0.2, -0.15) is 0 Å². The minimum Gasteiger partial charge on any atom is -0.468 e. The lowest BCUT2D eigenvalue weighted by atomic mass is 10.2. The van der Waals surface area contributed by atoms with Crippen molar-refractivity contribution >= 4 is 5.97 Å². The Morgan fingerprint density at radius 3 is 2.75 bits per heavy atom. The van der Waals surface area contributed by atoms with Crippen LogP contribution < -0.4 is 5.32 Å². The van der Waals surface area contributed by atoms with Crippen molar-refractivity contribution in [3.8, 4) is 0 Å². The predicted molar refractivity (Wildman–Crippen MR) is 61.0 cm³/mol. The second kappa shape index (κ2) is 5.16. The van der Waals surface area contributed by atoms with Crippen molar-refractivity contribution in [3.05, 3.63) is 24.2 Å². The molecule has 0 amide bonds. The Morgan fingerprint density at radius 1 is 1.56 bits per heavy atom. The highest BCUT2D eigenvalue weighted by Gasteiger charge is 2.17. The second-order valence-electron chi connectivity index (χ2n) is 4.70. The van der Waals surface area contributed by atoms with Crippen LogP contribution in [0.1, 0.15) is 39.5 Å². The monoisotopic (exact) mass is 225 g/mol. The fraction of sp³-hybridized carbons (Fsp3) is 0.583. The molecule has 0 aromatic carbocycles. The van der Waals surface area contributed by atoms with Crippen molar-refractivity contribution in [2.24, 2.45) is 0 Å². The minimum atomic E-state index is -0.438. The summed E-state index contributed by atoms with van der Waals surface area (Å²) in [4.78, 5) is 11.4. The van der Waals surface area contributed by atoms with Gasteiger partial charge in [-0.25, -0.2) is 0 Å². The van der Waals surface area contributed by atoms with Crippen LogP contribution in [0.3, 0.4) is 0 Å². The Kier molecular flexibility index (Phi) is 4.12. The lowest BCUT2D eigenvalue weighted by Gasteiger charge is -2.20. The Balaban J connectivity index is 2.32. The van der Waals surface area contributed by atoms with E-state index in [1.165, 1.54) is 0 Å². The summed E-state index contributed by atoms with van der Waals surface area (Å²) < 4.78 is 10.4. The first-order valence-corrected chi connectivity index (χ1v) is 5.37. The van der Waals surface area contributed by atoms with Gasteiger partial charge < -0.3 is 9.15 Å². The van der Waals surface area contributed by atoms with E-state index in [0.29, 0.717) is 0 Å². The molecule has 0 spiro atoms. The molecule has 0 aliphatic carbocycles. The van der Waals surface area contributed by atoms with Gasteiger partial charge in [0.25, 0.3) is 0 Å². The maximum absolute atomic E-state index is 11.4. The summed E-state index contributed by atoms with van der Waals surface area (Å²) in [6.07, 6.45) is 1.61. The molecule has 0 saturated carbocycles. The van der Waals surface area contributed by atoms with Crippen molar-refractivity contribution in [1.82, 2.24) is 5.32 Å². The lowest BCUT2D eigenvalue weighted by Crippen LogP contribution is -2.32. The normalized spacial score (nSPS) is 13.5. The summed E-state index contributed by atoms with van der Waals surface area (Å²) in [5.41, 5.74) is -0.438. The number of carbonyl (C=O) groups is 1. The number of esters is 1. The highest BCUT2D eigenvalue weighted by Crippen LogP contribution is 2.12. The third-order valence-electron chi connectivity index (χ3n) is 1.94. The third kappa shape index (κ3) is 4.49. The summed E-state index contributed by atoms with van der Waals surface area (Å²) in [5, 5.41) is 3.04. The number of rotatable bonds is 4. The fourth-order valence-electron chi connectivity index (χ4n) is 1.25. The summed E-state index contributed by atoms with van der Waals surface area (Å²) >= 11 is 0. The molecule has 1 heterocycles. The van der Waals surface area contributed by atoms with E-state index in [9.17, 15) is 4.79 Å². The van der Waals surface area contributed by atoms with Crippen LogP contribution >= 0.6 is 0 Å². The van der Waals surface area contributed by atoms with Crippen LogP contribution in [0.5, 0.6) is 0 Å². The number of carbonyl (C=O) groups excluding carboxylic acids is 1. The van der Waals surface area contributed by atoms with Gasteiger partial charge in [0.05, 0.1) is 18.8 Å². The molecule has 1 aromatic rings. The van der Waals surface area contributed by atoms with Gasteiger partial charge in [0.2, 0.25) is 0 Å². The van der Waals surface area contributed by atoms with E-state index in [1.807, 2.05) is 39.8 Å². The maximum atomic E-state index is 11.4. The zero-order chi connectivity index (χ0) is 12.2. The van der Waals surface area contributed by atoms with E-state index < -0.39 is 5.60 Å². The molecule has 0 aliphatic heterocycles. The van der Waals surface area contributed by atoms with Crippen molar-refractivity contribution in [2.75, 3.05) is 6.54 Å². The molecular weight excluding hydrogens is 206 g/mol. The van der Waals surface area contributed by atoms with Gasteiger partial charge >= 0.3 is 5.97 Å². The standard InChI is InChI=1S/C12H19NO3/c1-9(10-6-5-7-15-10)13-8-11(14)16-12(2,3)4/h5-7,9,13H,8H2,1-4H3/t9-/m0/s1. The van der Waals surface area contributed by atoms with E-state index in [1.54, 1.807) is 6.26 Å². The van der Waals surface area contributed by atoms with Crippen LogP contribution in [0, 0.1) is 0 Å². The van der Waals surface area contributed by atoms with E-state index in [0.717, 1.165) is 5.76 Å². The molecule has 1 aromatic heterocycles. The van der Waals surface area contributed by atoms with Gasteiger partial charge in [0.1, 0.15) is 11.4 Å². The van der Waals surface area contributed by atoms with Gasteiger partial charge in [-0.3, -0.25) is 10.1 Å². The predicted octanol–water partition coefficient (Wildman–Crippen LogP) is 2.27. The lowest BCUT2D eigenvalue weighted by molar-refractivity contribution is -0.153. The van der Waals surface area contributed by atoms with Crippen LogP contribution in [-0.4, -0.2) is 18.1 Å². The third-order valence-corrected chi connectivity index (χ3v) is 1.94. The molecule has 0 radical (unpaired) electrons. The van der Waals surface area contributed by atoms with Crippen LogP contribution in [0.25, 0.3) is 0 Å². The summed E-state index contributed by atoms with van der Waals surface area (Å²) in [7, 11) is 0. The molecule has 1 atom stereocenters. The molecule has 90 valence electrons. The van der Waals surface area contributed by atoms with E-state index in [-0.39, 0.29) is 18.6 Å². The van der Waals surface area contributed by atoms with Crippen molar-refractivity contribution < 1.29 is 13.9 Å². The smallest absolute Gasteiger partial charge is 0.320 e. The second-order valence-corrected chi connectivity index (χ2v) is 4.70. The molecule has 16 heavy (non-hydrogen) atoms. The highest BCUT2D eigenvalue weighted by molar-refractivity contribution is 5.72. The van der Waals surface area contributed by atoms with Gasteiger partial charge in [-0.05, 0) is 39.8 Å². The Hall–Kier alpha value is -1.29. The number of furan rings is 1. The first-order valence-electron chi connectivity index (χ1n) is 5.37. The average molecular weight is 225 g/mol. The fourth-order valence-corrected chi connectivity index (χ4v) is 1.25. The van der Waals surface area contributed by atoms with Crippen LogP contribution in [-0.2, 0) is 9.53 Å². The van der Waals surface area contributed by atoms with Crippen LogP contribution in [0.4, 0.5) is 0 Å². The van der Waals surface area contributed by atoms with E-state index in [2.05, 4.69) is 5.32 Å². The minimum absolute atomic E-state index is 0.00233. The summed E-state index contributed by atoms with van der Waals surface area (Å²) in [6, 6.07) is 3.69. The summed E-state index contributed by atoms with van der Waals surface area (Å²) in [5.74, 6) is 0.550. The molecule has 4 heteroatoms. The molecule has 0 aliphatic rings. The van der Waals surface area contributed by atoms with Gasteiger partial charge in [0, 0.05) is 0 Å². The largest absolute Gasteiger partial charge is 0.468 e. The zero-order valence-electron chi connectivity index (χ0n) is 10.2. The Labute approximate surface area is 96.0 Å². The number of ether oxygens (including phenoxy) is 1. The molecule has 4 nitrogen and oxygen atoms in total. The number of hydrogen-bond acceptors (Lipinski definition) is 4. The van der Waals surface area contributed by atoms with Crippen LogP contribution in [0.2, 0.25) is 0 Å². The Bertz CT molecular complexity index is 325. The molecule has 1 N–H and O–H groups in total. The quantitative estimate of drug-likeness (QED) is 0.799. The average Bonchev–Trinajstić information content (AvgIpc) is 2.64. The number of nitrogens with one attached hydrogen (secondary N) is 1. The molecule has 0 fully saturated rings. The van der Waals surface area contributed by atoms with Gasteiger partial charge in [-0.1, -0.05) is 0 Å². The molecule has 0 bridgehead atoms. The zero-order valence-corrected chi connectivity index (χ0v) is 10.2. The highest BCUT2D eigenvalue weighted by atomic mass is 16.6. The molecule has 0 unspecified atom stereocenters. The first-order chi connectivity index (χ1) is 7.38. The first kappa shape index (κ1) is 12.8. The van der Waals surface area contributed by atoms with Gasteiger partial charge in [-0.15, -0.1) is 0 Å².